The molecule has 0 saturated carbocycles. The van der Waals surface area contributed by atoms with Gasteiger partial charge in [0.25, 0.3) is 0 Å². The van der Waals surface area contributed by atoms with Crippen LogP contribution in [0.3, 0.4) is 0 Å². The molecule has 0 spiro atoms. The third-order valence-corrected chi connectivity index (χ3v) is 6.80. The van der Waals surface area contributed by atoms with Gasteiger partial charge in [0, 0.05) is 36.8 Å². The Labute approximate surface area is 201 Å². The molecule has 176 valence electrons. The first-order valence-electron chi connectivity index (χ1n) is 12.0. The second-order valence-corrected chi connectivity index (χ2v) is 9.34. The molecule has 1 atom stereocenters. The van der Waals surface area contributed by atoms with Gasteiger partial charge in [-0.2, -0.15) is 0 Å². The molecule has 2 aromatic carbocycles. The molecule has 7 heteroatoms. The van der Waals surface area contributed by atoms with Gasteiger partial charge in [0.2, 0.25) is 5.91 Å². The number of halogens is 1. The maximum absolute atomic E-state index is 13.3. The third kappa shape index (κ3) is 6.49. The van der Waals surface area contributed by atoms with E-state index in [-0.39, 0.29) is 18.0 Å². The van der Waals surface area contributed by atoms with Gasteiger partial charge >= 0.3 is 6.03 Å². The number of likely N-dealkylation sites (tertiary alicyclic amines) is 1. The summed E-state index contributed by atoms with van der Waals surface area (Å²) in [6.45, 7) is 4.97. The highest BCUT2D eigenvalue weighted by molar-refractivity contribution is 6.30. The molecule has 0 radical (unpaired) electrons. The lowest BCUT2D eigenvalue weighted by molar-refractivity contribution is -0.130. The van der Waals surface area contributed by atoms with Crippen molar-refractivity contribution in [3.63, 3.8) is 0 Å². The van der Waals surface area contributed by atoms with Crippen LogP contribution in [0.1, 0.15) is 43.7 Å². The fraction of sp³-hybridized carbons (Fsp3) is 0.462. The molecule has 1 N–H and O–H groups in total. The van der Waals surface area contributed by atoms with E-state index in [9.17, 15) is 9.59 Å². The van der Waals surface area contributed by atoms with E-state index in [4.69, 9.17) is 11.6 Å². The summed E-state index contributed by atoms with van der Waals surface area (Å²) in [6.07, 6.45) is 5.16. The Kier molecular flexibility index (Phi) is 8.24. The number of rotatable bonds is 6. The van der Waals surface area contributed by atoms with Crippen molar-refractivity contribution in [3.8, 4) is 0 Å². The molecular weight excluding hydrogens is 436 g/mol. The van der Waals surface area contributed by atoms with Crippen molar-refractivity contribution in [2.75, 3.05) is 44.6 Å². The Morgan fingerprint density at radius 1 is 0.970 bits per heavy atom. The van der Waals surface area contributed by atoms with Gasteiger partial charge in [-0.1, -0.05) is 54.4 Å². The van der Waals surface area contributed by atoms with Crippen molar-refractivity contribution in [3.05, 3.63) is 65.2 Å². The highest BCUT2D eigenvalue weighted by Gasteiger charge is 2.32. The Bertz CT molecular complexity index is 933. The first-order valence-corrected chi connectivity index (χ1v) is 12.4. The Balaban J connectivity index is 1.47. The molecular formula is C26H33ClN4O2. The first kappa shape index (κ1) is 23.6. The van der Waals surface area contributed by atoms with Crippen molar-refractivity contribution >= 4 is 29.2 Å². The van der Waals surface area contributed by atoms with E-state index in [1.54, 1.807) is 17.0 Å². The fourth-order valence-electron chi connectivity index (χ4n) is 4.79. The van der Waals surface area contributed by atoms with Crippen molar-refractivity contribution in [2.24, 2.45) is 0 Å². The number of urea groups is 1. The monoisotopic (exact) mass is 468 g/mol. The number of amides is 3. The molecule has 2 aromatic rings. The topological polar surface area (TPSA) is 55.9 Å². The molecule has 2 aliphatic rings. The molecule has 0 aliphatic carbocycles. The number of carbonyl (C=O) groups excluding carboxylic acids is 2. The molecule has 4 rings (SSSR count). The molecule has 6 nitrogen and oxygen atoms in total. The maximum Gasteiger partial charge on any atom is 0.322 e. The lowest BCUT2D eigenvalue weighted by atomic mass is 10.1. The normalized spacial score (nSPS) is 19.9. The lowest BCUT2D eigenvalue weighted by Gasteiger charge is -2.33. The average molecular weight is 469 g/mol. The zero-order valence-corrected chi connectivity index (χ0v) is 19.8. The molecule has 33 heavy (non-hydrogen) atoms. The SMILES string of the molecule is O=C1CCN(C(=O)Nc2cccc(Cl)c2)[C@H](c2ccccc2)CN1CCCN1CCCCC1. The van der Waals surface area contributed by atoms with Gasteiger partial charge in [0.1, 0.15) is 0 Å². The van der Waals surface area contributed by atoms with E-state index in [1.165, 1.54) is 19.3 Å². The smallest absolute Gasteiger partial charge is 0.322 e. The van der Waals surface area contributed by atoms with Gasteiger partial charge in [-0.3, -0.25) is 4.79 Å². The van der Waals surface area contributed by atoms with Crippen LogP contribution in [0.2, 0.25) is 5.02 Å². The molecule has 2 heterocycles. The van der Waals surface area contributed by atoms with Crippen LogP contribution in [0.15, 0.2) is 54.6 Å². The van der Waals surface area contributed by atoms with E-state index in [0.717, 1.165) is 38.2 Å². The lowest BCUT2D eigenvalue weighted by Crippen LogP contribution is -2.41. The van der Waals surface area contributed by atoms with Crippen LogP contribution in [-0.2, 0) is 4.79 Å². The van der Waals surface area contributed by atoms with Crippen molar-refractivity contribution < 1.29 is 9.59 Å². The van der Waals surface area contributed by atoms with Gasteiger partial charge in [-0.05, 0) is 62.7 Å². The Hall–Kier alpha value is -2.57. The van der Waals surface area contributed by atoms with Gasteiger partial charge in [0.15, 0.2) is 0 Å². The van der Waals surface area contributed by atoms with Crippen molar-refractivity contribution in [2.45, 2.75) is 38.1 Å². The average Bonchev–Trinajstić information content (AvgIpc) is 2.99. The zero-order chi connectivity index (χ0) is 23.0. The molecule has 2 saturated heterocycles. The van der Waals surface area contributed by atoms with E-state index < -0.39 is 0 Å². The number of hydrogen-bond acceptors (Lipinski definition) is 3. The maximum atomic E-state index is 13.3. The summed E-state index contributed by atoms with van der Waals surface area (Å²) in [5.74, 6) is 0.118. The van der Waals surface area contributed by atoms with Crippen LogP contribution < -0.4 is 5.32 Å². The standard InChI is InChI=1S/C26H33ClN4O2/c27-22-11-7-12-23(19-22)28-26(33)31-18-13-25(32)30(17-8-16-29-14-5-2-6-15-29)20-24(31)21-9-3-1-4-10-21/h1,3-4,7,9-12,19,24H,2,5-6,8,13-18,20H2,(H,28,33)/t24-/m0/s1. The van der Waals surface area contributed by atoms with Crippen LogP contribution in [0.4, 0.5) is 10.5 Å². The highest BCUT2D eigenvalue weighted by Crippen LogP contribution is 2.27. The summed E-state index contributed by atoms with van der Waals surface area (Å²) < 4.78 is 0. The van der Waals surface area contributed by atoms with E-state index in [2.05, 4.69) is 10.2 Å². The summed E-state index contributed by atoms with van der Waals surface area (Å²) in [5, 5.41) is 3.53. The summed E-state index contributed by atoms with van der Waals surface area (Å²) in [6, 6.07) is 16.7. The van der Waals surface area contributed by atoms with Gasteiger partial charge in [0.05, 0.1) is 6.04 Å². The van der Waals surface area contributed by atoms with Crippen molar-refractivity contribution in [1.82, 2.24) is 14.7 Å². The Morgan fingerprint density at radius 3 is 2.52 bits per heavy atom. The van der Waals surface area contributed by atoms with Gasteiger partial charge < -0.3 is 20.0 Å². The summed E-state index contributed by atoms with van der Waals surface area (Å²) in [5.41, 5.74) is 1.68. The van der Waals surface area contributed by atoms with Crippen LogP contribution in [0.25, 0.3) is 0 Å². The quantitative estimate of drug-likeness (QED) is 0.647. The van der Waals surface area contributed by atoms with Gasteiger partial charge in [-0.25, -0.2) is 4.79 Å². The summed E-state index contributed by atoms with van der Waals surface area (Å²) >= 11 is 6.09. The second-order valence-electron chi connectivity index (χ2n) is 8.91. The highest BCUT2D eigenvalue weighted by atomic mass is 35.5. The number of nitrogens with zero attached hydrogens (tertiary/aromatic N) is 3. The zero-order valence-electron chi connectivity index (χ0n) is 19.1. The molecule has 0 bridgehead atoms. The van der Waals surface area contributed by atoms with Crippen molar-refractivity contribution in [1.29, 1.82) is 0 Å². The predicted molar refractivity (Wildman–Crippen MR) is 132 cm³/mol. The Morgan fingerprint density at radius 2 is 1.76 bits per heavy atom. The summed E-state index contributed by atoms with van der Waals surface area (Å²) in [4.78, 5) is 32.5. The van der Waals surface area contributed by atoms with Crippen LogP contribution in [0.5, 0.6) is 0 Å². The van der Waals surface area contributed by atoms with E-state index in [0.29, 0.717) is 30.2 Å². The minimum atomic E-state index is -0.214. The minimum absolute atomic E-state index is 0.118. The molecule has 0 aromatic heterocycles. The second kappa shape index (κ2) is 11.5. The number of hydrogen-bond donors (Lipinski definition) is 1. The minimum Gasteiger partial charge on any atom is -0.340 e. The number of benzene rings is 2. The molecule has 2 aliphatic heterocycles. The summed E-state index contributed by atoms with van der Waals surface area (Å²) in [7, 11) is 0. The molecule has 2 fully saturated rings. The molecule has 0 unspecified atom stereocenters. The third-order valence-electron chi connectivity index (χ3n) is 6.56. The number of anilines is 1. The van der Waals surface area contributed by atoms with Crippen LogP contribution >= 0.6 is 11.6 Å². The van der Waals surface area contributed by atoms with E-state index in [1.807, 2.05) is 47.4 Å². The van der Waals surface area contributed by atoms with E-state index >= 15 is 0 Å². The van der Waals surface area contributed by atoms with Crippen LogP contribution in [-0.4, -0.2) is 65.9 Å². The largest absolute Gasteiger partial charge is 0.340 e. The number of nitrogens with one attached hydrogen (secondary N) is 1. The number of carbonyl (C=O) groups is 2. The number of piperidine rings is 1. The fourth-order valence-corrected chi connectivity index (χ4v) is 4.98. The first-order chi connectivity index (χ1) is 16.1. The molecule has 3 amide bonds. The predicted octanol–water partition coefficient (Wildman–Crippen LogP) is 5.02. The van der Waals surface area contributed by atoms with Crippen LogP contribution in [0, 0.1) is 0 Å². The van der Waals surface area contributed by atoms with Gasteiger partial charge in [-0.15, -0.1) is 0 Å².